The molecule has 3 rings (SSSR count). The van der Waals surface area contributed by atoms with Gasteiger partial charge in [-0.2, -0.15) is 0 Å². The summed E-state index contributed by atoms with van der Waals surface area (Å²) in [6.07, 6.45) is 0. The lowest BCUT2D eigenvalue weighted by molar-refractivity contribution is -0.118. The number of nitrogens with one attached hydrogen (secondary N) is 1. The van der Waals surface area contributed by atoms with Crippen LogP contribution < -0.4 is 10.1 Å². The number of benzene rings is 1. The quantitative estimate of drug-likeness (QED) is 0.745. The molecule has 1 N–H and O–H groups in total. The highest BCUT2D eigenvalue weighted by molar-refractivity contribution is 7.15. The fourth-order valence-corrected chi connectivity index (χ4v) is 2.99. The number of halogens is 1. The second-order valence-electron chi connectivity index (χ2n) is 4.83. The van der Waals surface area contributed by atoms with Crippen molar-refractivity contribution in [3.8, 4) is 16.5 Å². The lowest BCUT2D eigenvalue weighted by Crippen LogP contribution is -2.20. The van der Waals surface area contributed by atoms with Gasteiger partial charge in [0.25, 0.3) is 11.8 Å². The van der Waals surface area contributed by atoms with Crippen LogP contribution >= 0.6 is 22.9 Å². The van der Waals surface area contributed by atoms with Crippen molar-refractivity contribution in [1.29, 1.82) is 0 Å². The number of carbonyl (C=O) groups is 1. The maximum absolute atomic E-state index is 11.9. The smallest absolute Gasteiger partial charge is 0.322 e. The van der Waals surface area contributed by atoms with Gasteiger partial charge in [-0.15, -0.1) is 16.4 Å². The van der Waals surface area contributed by atoms with Gasteiger partial charge in [-0.1, -0.05) is 28.8 Å². The minimum atomic E-state index is -0.428. The third-order valence-corrected chi connectivity index (χ3v) is 4.34. The normalized spacial score (nSPS) is 10.6. The topological polar surface area (TPSA) is 90.1 Å². The molecule has 0 aliphatic heterocycles. The SMILES string of the molecule is Cc1nc(C)c(-c2nnc(NC(=O)COc3ccccc3Cl)o2)s1. The zero-order chi connectivity index (χ0) is 17.1. The number of para-hydroxylation sites is 1. The van der Waals surface area contributed by atoms with E-state index in [1.54, 1.807) is 24.3 Å². The molecule has 0 aliphatic rings. The standard InChI is InChI=1S/C15H13ClN4O3S/c1-8-13(24-9(2)17-8)14-19-20-15(23-14)18-12(21)7-22-11-6-4-3-5-10(11)16/h3-6H,7H2,1-2H3,(H,18,20,21). The number of aryl methyl sites for hydroxylation is 2. The highest BCUT2D eigenvalue weighted by atomic mass is 35.5. The number of hydrogen-bond donors (Lipinski definition) is 1. The molecule has 2 heterocycles. The Morgan fingerprint density at radius 2 is 2.12 bits per heavy atom. The lowest BCUT2D eigenvalue weighted by Gasteiger charge is -2.06. The van der Waals surface area contributed by atoms with Gasteiger partial charge in [0.2, 0.25) is 0 Å². The Kier molecular flexibility index (Phi) is 4.77. The number of rotatable bonds is 5. The average molecular weight is 365 g/mol. The van der Waals surface area contributed by atoms with Gasteiger partial charge in [-0.05, 0) is 26.0 Å². The average Bonchev–Trinajstić information content (AvgIpc) is 3.12. The monoisotopic (exact) mass is 364 g/mol. The van der Waals surface area contributed by atoms with Crippen molar-refractivity contribution in [2.24, 2.45) is 0 Å². The first kappa shape index (κ1) is 16.4. The fraction of sp³-hybridized carbons (Fsp3) is 0.200. The maximum Gasteiger partial charge on any atom is 0.322 e. The van der Waals surface area contributed by atoms with Crippen molar-refractivity contribution >= 4 is 34.9 Å². The third kappa shape index (κ3) is 3.72. The summed E-state index contributed by atoms with van der Waals surface area (Å²) < 4.78 is 10.8. The zero-order valence-corrected chi connectivity index (χ0v) is 14.4. The number of nitrogens with zero attached hydrogens (tertiary/aromatic N) is 3. The first-order valence-electron chi connectivity index (χ1n) is 6.98. The molecule has 0 spiro atoms. The van der Waals surface area contributed by atoms with Crippen LogP contribution in [-0.2, 0) is 4.79 Å². The summed E-state index contributed by atoms with van der Waals surface area (Å²) in [7, 11) is 0. The Bertz CT molecular complexity index is 877. The first-order valence-corrected chi connectivity index (χ1v) is 8.17. The number of anilines is 1. The molecular weight excluding hydrogens is 352 g/mol. The molecule has 0 fully saturated rings. The van der Waals surface area contributed by atoms with E-state index in [0.717, 1.165) is 15.6 Å². The number of carbonyl (C=O) groups excluding carboxylic acids is 1. The molecule has 1 amide bonds. The summed E-state index contributed by atoms with van der Waals surface area (Å²) in [6.45, 7) is 3.53. The van der Waals surface area contributed by atoms with Crippen LogP contribution in [-0.4, -0.2) is 27.7 Å². The van der Waals surface area contributed by atoms with Crippen molar-refractivity contribution < 1.29 is 13.9 Å². The highest BCUT2D eigenvalue weighted by Gasteiger charge is 2.16. The van der Waals surface area contributed by atoms with Crippen molar-refractivity contribution in [1.82, 2.24) is 15.2 Å². The van der Waals surface area contributed by atoms with E-state index < -0.39 is 5.91 Å². The van der Waals surface area contributed by atoms with E-state index in [4.69, 9.17) is 20.8 Å². The van der Waals surface area contributed by atoms with Gasteiger partial charge in [0.05, 0.1) is 15.7 Å². The van der Waals surface area contributed by atoms with Crippen molar-refractivity contribution in [2.75, 3.05) is 11.9 Å². The molecule has 0 aliphatic carbocycles. The molecule has 3 aromatic rings. The molecule has 0 atom stereocenters. The molecule has 0 saturated carbocycles. The van der Waals surface area contributed by atoms with E-state index in [1.807, 2.05) is 13.8 Å². The van der Waals surface area contributed by atoms with Gasteiger partial charge < -0.3 is 9.15 Å². The summed E-state index contributed by atoms with van der Waals surface area (Å²) >= 11 is 7.40. The molecular formula is C15H13ClN4O3S. The van der Waals surface area contributed by atoms with E-state index >= 15 is 0 Å². The maximum atomic E-state index is 11.9. The molecule has 1 aromatic carbocycles. The van der Waals surface area contributed by atoms with E-state index in [9.17, 15) is 4.79 Å². The molecule has 2 aromatic heterocycles. The number of aromatic nitrogens is 3. The number of amides is 1. The molecule has 0 saturated heterocycles. The summed E-state index contributed by atoms with van der Waals surface area (Å²) in [5, 5.41) is 11.5. The van der Waals surface area contributed by atoms with Gasteiger partial charge >= 0.3 is 6.01 Å². The lowest BCUT2D eigenvalue weighted by atomic mass is 10.3. The number of ether oxygens (including phenoxy) is 1. The summed E-state index contributed by atoms with van der Waals surface area (Å²) in [4.78, 5) is 17.0. The molecule has 0 bridgehead atoms. The number of hydrogen-bond acceptors (Lipinski definition) is 7. The second-order valence-corrected chi connectivity index (χ2v) is 6.44. The van der Waals surface area contributed by atoms with E-state index in [-0.39, 0.29) is 12.6 Å². The largest absolute Gasteiger partial charge is 0.482 e. The Labute approximate surface area is 146 Å². The Balaban J connectivity index is 1.61. The molecule has 24 heavy (non-hydrogen) atoms. The van der Waals surface area contributed by atoms with Crippen LogP contribution in [0.4, 0.5) is 6.01 Å². The molecule has 0 radical (unpaired) electrons. The summed E-state index contributed by atoms with van der Waals surface area (Å²) in [6, 6.07) is 6.90. The van der Waals surface area contributed by atoms with Crippen LogP contribution in [0.25, 0.3) is 10.8 Å². The van der Waals surface area contributed by atoms with Crippen molar-refractivity contribution in [2.45, 2.75) is 13.8 Å². The Morgan fingerprint density at radius 3 is 2.83 bits per heavy atom. The molecule has 0 unspecified atom stereocenters. The third-order valence-electron chi connectivity index (χ3n) is 2.96. The van der Waals surface area contributed by atoms with Gasteiger partial charge in [0.1, 0.15) is 10.6 Å². The number of thiazole rings is 1. The van der Waals surface area contributed by atoms with Crippen molar-refractivity contribution in [3.63, 3.8) is 0 Å². The van der Waals surface area contributed by atoms with Gasteiger partial charge in [0, 0.05) is 0 Å². The Hall–Kier alpha value is -2.45. The minimum Gasteiger partial charge on any atom is -0.482 e. The summed E-state index contributed by atoms with van der Waals surface area (Å²) in [5.41, 5.74) is 0.807. The van der Waals surface area contributed by atoms with Crippen LogP contribution in [0.3, 0.4) is 0 Å². The van der Waals surface area contributed by atoms with Gasteiger partial charge in [0.15, 0.2) is 6.61 Å². The minimum absolute atomic E-state index is 0.00297. The van der Waals surface area contributed by atoms with Crippen LogP contribution in [0.15, 0.2) is 28.7 Å². The van der Waals surface area contributed by atoms with E-state index in [0.29, 0.717) is 16.7 Å². The summed E-state index contributed by atoms with van der Waals surface area (Å²) in [5.74, 6) is 0.319. The molecule has 7 nitrogen and oxygen atoms in total. The van der Waals surface area contributed by atoms with Crippen LogP contribution in [0.5, 0.6) is 5.75 Å². The van der Waals surface area contributed by atoms with Crippen LogP contribution in [0.2, 0.25) is 5.02 Å². The fourth-order valence-electron chi connectivity index (χ4n) is 1.96. The molecule has 9 heteroatoms. The Morgan fingerprint density at radius 1 is 1.33 bits per heavy atom. The molecule has 124 valence electrons. The predicted octanol–water partition coefficient (Wildman–Crippen LogP) is 3.48. The van der Waals surface area contributed by atoms with Crippen LogP contribution in [0, 0.1) is 13.8 Å². The van der Waals surface area contributed by atoms with Crippen LogP contribution in [0.1, 0.15) is 10.7 Å². The van der Waals surface area contributed by atoms with E-state index in [2.05, 4.69) is 20.5 Å². The van der Waals surface area contributed by atoms with Gasteiger partial charge in [-0.3, -0.25) is 10.1 Å². The second kappa shape index (κ2) is 6.98. The van der Waals surface area contributed by atoms with Gasteiger partial charge in [-0.25, -0.2) is 4.98 Å². The predicted molar refractivity (Wildman–Crippen MR) is 90.5 cm³/mol. The van der Waals surface area contributed by atoms with Crippen molar-refractivity contribution in [3.05, 3.63) is 40.0 Å². The van der Waals surface area contributed by atoms with E-state index in [1.165, 1.54) is 11.3 Å². The zero-order valence-electron chi connectivity index (χ0n) is 12.9. The highest BCUT2D eigenvalue weighted by Crippen LogP contribution is 2.29. The first-order chi connectivity index (χ1) is 11.5.